The van der Waals surface area contributed by atoms with E-state index in [1.54, 1.807) is 30.3 Å². The fourth-order valence-electron chi connectivity index (χ4n) is 3.82. The minimum absolute atomic E-state index is 0.0488. The molecule has 8 heteroatoms. The monoisotopic (exact) mass is 396 g/mol. The van der Waals surface area contributed by atoms with Crippen molar-refractivity contribution < 1.29 is 33.2 Å². The highest BCUT2D eigenvalue weighted by Gasteiger charge is 2.53. The maximum Gasteiger partial charge on any atom is 0.340 e. The Hall–Kier alpha value is -3.36. The number of carbonyl (C=O) groups is 1. The van der Waals surface area contributed by atoms with Gasteiger partial charge in [0.25, 0.3) is 0 Å². The molecule has 0 fully saturated rings. The number of hydrogen-bond acceptors (Lipinski definition) is 6. The van der Waals surface area contributed by atoms with E-state index in [1.807, 2.05) is 0 Å². The molecule has 0 amide bonds. The van der Waals surface area contributed by atoms with E-state index < -0.39 is 28.4 Å². The van der Waals surface area contributed by atoms with E-state index in [-0.39, 0.29) is 22.1 Å². The Morgan fingerprint density at radius 3 is 2.43 bits per heavy atom. The molecule has 5 rings (SSSR count). The van der Waals surface area contributed by atoms with Gasteiger partial charge in [-0.1, -0.05) is 18.2 Å². The van der Waals surface area contributed by atoms with Crippen molar-refractivity contribution in [2.75, 3.05) is 0 Å². The zero-order chi connectivity index (χ0) is 19.6. The summed E-state index contributed by atoms with van der Waals surface area (Å²) in [4.78, 5) is 12.4. The molecule has 2 unspecified atom stereocenters. The molecule has 3 aromatic rings. The van der Waals surface area contributed by atoms with Gasteiger partial charge in [-0.3, -0.25) is 0 Å². The molecule has 0 saturated heterocycles. The van der Waals surface area contributed by atoms with Crippen molar-refractivity contribution >= 4 is 17.0 Å². The summed E-state index contributed by atoms with van der Waals surface area (Å²) in [6, 6.07) is 13.7. The smallest absolute Gasteiger partial charge is 0.340 e. The van der Waals surface area contributed by atoms with Crippen LogP contribution in [0.1, 0.15) is 27.0 Å². The number of phenols is 2. The van der Waals surface area contributed by atoms with E-state index in [0.29, 0.717) is 22.3 Å². The first-order valence-electron chi connectivity index (χ1n) is 8.24. The molecule has 7 nitrogen and oxygen atoms in total. The molecule has 1 spiro atoms. The molecular weight excluding hydrogens is 384 g/mol. The van der Waals surface area contributed by atoms with E-state index in [9.17, 15) is 23.8 Å². The van der Waals surface area contributed by atoms with Crippen molar-refractivity contribution in [2.45, 2.75) is 10.5 Å². The van der Waals surface area contributed by atoms with Gasteiger partial charge in [0.05, 0.1) is 5.56 Å². The lowest BCUT2D eigenvalue weighted by atomic mass is 9.77. The first-order chi connectivity index (χ1) is 13.4. The Morgan fingerprint density at radius 2 is 1.64 bits per heavy atom. The molecule has 3 aromatic carbocycles. The quantitative estimate of drug-likeness (QED) is 0.427. The van der Waals surface area contributed by atoms with Crippen molar-refractivity contribution in [1.82, 2.24) is 0 Å². The molecule has 28 heavy (non-hydrogen) atoms. The Morgan fingerprint density at radius 1 is 0.893 bits per heavy atom. The molecule has 0 aliphatic carbocycles. The molecule has 3 N–H and O–H groups in total. The maximum absolute atomic E-state index is 12.6. The minimum atomic E-state index is -2.47. The van der Waals surface area contributed by atoms with Crippen LogP contribution in [0.25, 0.3) is 0 Å². The highest BCUT2D eigenvalue weighted by atomic mass is 32.2. The van der Waals surface area contributed by atoms with E-state index in [0.717, 1.165) is 0 Å². The van der Waals surface area contributed by atoms with E-state index in [1.165, 1.54) is 24.3 Å². The molecule has 0 aromatic heterocycles. The summed E-state index contributed by atoms with van der Waals surface area (Å²) >= 11 is -2.47. The van der Waals surface area contributed by atoms with Gasteiger partial charge < -0.3 is 24.2 Å². The molecular formula is C20H12O7S. The summed E-state index contributed by atoms with van der Waals surface area (Å²) < 4.78 is 32.9. The third kappa shape index (κ3) is 2.07. The van der Waals surface area contributed by atoms with Gasteiger partial charge in [0.1, 0.15) is 27.9 Å². The molecule has 0 bridgehead atoms. The molecule has 0 saturated carbocycles. The number of rotatable bonds is 1. The van der Waals surface area contributed by atoms with Crippen LogP contribution in [-0.4, -0.2) is 24.9 Å². The van der Waals surface area contributed by atoms with Gasteiger partial charge in [-0.15, -0.1) is 0 Å². The Balaban J connectivity index is 1.92. The minimum Gasteiger partial charge on any atom is -0.508 e. The summed E-state index contributed by atoms with van der Waals surface area (Å²) in [6.45, 7) is 0. The Bertz CT molecular complexity index is 1200. The van der Waals surface area contributed by atoms with Crippen molar-refractivity contribution in [3.8, 4) is 23.0 Å². The second-order valence-electron chi connectivity index (χ2n) is 6.46. The van der Waals surface area contributed by atoms with Crippen LogP contribution in [0, 0.1) is 0 Å². The SMILES string of the molecule is O=C1OC2(c3ccc(O)cc3Oc3cc(O)c(S(=O)O)cc32)c2ccccc21. The first kappa shape index (κ1) is 16.8. The highest BCUT2D eigenvalue weighted by Crippen LogP contribution is 2.57. The summed E-state index contributed by atoms with van der Waals surface area (Å²) in [5.74, 6) is -0.644. The lowest BCUT2D eigenvalue weighted by Crippen LogP contribution is -2.33. The predicted octanol–water partition coefficient (Wildman–Crippen LogP) is 3.25. The van der Waals surface area contributed by atoms with Gasteiger partial charge in [-0.25, -0.2) is 9.00 Å². The van der Waals surface area contributed by atoms with Crippen LogP contribution in [0.5, 0.6) is 23.0 Å². The van der Waals surface area contributed by atoms with Crippen molar-refractivity contribution in [3.05, 3.63) is 76.9 Å². The van der Waals surface area contributed by atoms with E-state index in [4.69, 9.17) is 9.47 Å². The average molecular weight is 396 g/mol. The lowest BCUT2D eigenvalue weighted by molar-refractivity contribution is 0.0223. The van der Waals surface area contributed by atoms with Gasteiger partial charge in [-0.05, 0) is 24.3 Å². The third-order valence-electron chi connectivity index (χ3n) is 4.97. The number of hydrogen-bond donors (Lipinski definition) is 3. The molecule has 2 heterocycles. The number of ether oxygens (including phenoxy) is 2. The standard InChI is InChI=1S/C20H12O7S/c21-10-5-6-13-16(7-10)26-17-9-15(22)18(28(24)25)8-14(17)20(13)12-4-2-1-3-11(12)19(23)27-20/h1-9,21-22H,(H,24,25). The van der Waals surface area contributed by atoms with E-state index in [2.05, 4.69) is 0 Å². The normalized spacial score (nSPS) is 20.0. The zero-order valence-corrected chi connectivity index (χ0v) is 14.9. The van der Waals surface area contributed by atoms with Crippen LogP contribution in [0.3, 0.4) is 0 Å². The molecule has 0 radical (unpaired) electrons. The summed E-state index contributed by atoms with van der Waals surface area (Å²) in [6.07, 6.45) is 0. The van der Waals surface area contributed by atoms with Crippen LogP contribution in [0.4, 0.5) is 0 Å². The Labute approximate surface area is 161 Å². The predicted molar refractivity (Wildman–Crippen MR) is 97.1 cm³/mol. The number of aromatic hydroxyl groups is 2. The summed E-state index contributed by atoms with van der Waals surface area (Å²) in [5.41, 5.74) is 0.216. The molecule has 2 aliphatic rings. The second kappa shape index (κ2) is 5.57. The molecule has 2 atom stereocenters. The van der Waals surface area contributed by atoms with Crippen LogP contribution >= 0.6 is 0 Å². The molecule has 2 aliphatic heterocycles. The summed E-state index contributed by atoms with van der Waals surface area (Å²) in [5, 5.41) is 20.0. The average Bonchev–Trinajstić information content (AvgIpc) is 2.95. The van der Waals surface area contributed by atoms with Crippen molar-refractivity contribution in [2.24, 2.45) is 0 Å². The fraction of sp³-hybridized carbons (Fsp3) is 0.0500. The third-order valence-corrected chi connectivity index (χ3v) is 5.67. The number of fused-ring (bicyclic) bond motifs is 6. The van der Waals surface area contributed by atoms with Crippen LogP contribution in [0.15, 0.2) is 59.5 Å². The Kier molecular flexibility index (Phi) is 3.34. The van der Waals surface area contributed by atoms with E-state index >= 15 is 0 Å². The lowest BCUT2D eigenvalue weighted by Gasteiger charge is -2.36. The fourth-order valence-corrected chi connectivity index (χ4v) is 4.27. The zero-order valence-electron chi connectivity index (χ0n) is 14.1. The summed E-state index contributed by atoms with van der Waals surface area (Å²) in [7, 11) is 0. The van der Waals surface area contributed by atoms with Crippen LogP contribution < -0.4 is 4.74 Å². The van der Waals surface area contributed by atoms with Gasteiger partial charge in [0, 0.05) is 28.8 Å². The largest absolute Gasteiger partial charge is 0.508 e. The van der Waals surface area contributed by atoms with Gasteiger partial charge in [0.2, 0.25) is 0 Å². The van der Waals surface area contributed by atoms with Crippen LogP contribution in [0.2, 0.25) is 0 Å². The second-order valence-corrected chi connectivity index (χ2v) is 7.40. The van der Waals surface area contributed by atoms with Crippen LogP contribution in [-0.2, 0) is 21.4 Å². The molecule has 140 valence electrons. The maximum atomic E-state index is 12.6. The van der Waals surface area contributed by atoms with Crippen molar-refractivity contribution in [3.63, 3.8) is 0 Å². The van der Waals surface area contributed by atoms with Crippen molar-refractivity contribution in [1.29, 1.82) is 0 Å². The topological polar surface area (TPSA) is 113 Å². The number of phenolic OH excluding ortho intramolecular Hbond substituents is 2. The van der Waals surface area contributed by atoms with Gasteiger partial charge >= 0.3 is 5.97 Å². The first-order valence-corrected chi connectivity index (χ1v) is 9.35. The number of esters is 1. The number of benzene rings is 3. The van der Waals surface area contributed by atoms with Gasteiger partial charge in [0.15, 0.2) is 16.7 Å². The van der Waals surface area contributed by atoms with Gasteiger partial charge in [-0.2, -0.15) is 0 Å². The number of carbonyl (C=O) groups excluding carboxylic acids is 1. The highest BCUT2D eigenvalue weighted by molar-refractivity contribution is 7.79.